The highest BCUT2D eigenvalue weighted by Crippen LogP contribution is 2.38. The summed E-state index contributed by atoms with van der Waals surface area (Å²) >= 11 is 0. The number of carbonyl (C=O) groups is 3. The molecular formula is C22H31N4O3. The van der Waals surface area contributed by atoms with Gasteiger partial charge in [0.15, 0.2) is 5.78 Å². The fourth-order valence-corrected chi connectivity index (χ4v) is 4.77. The van der Waals surface area contributed by atoms with Crippen molar-refractivity contribution in [3.8, 4) is 6.07 Å². The minimum atomic E-state index is -0.982. The van der Waals surface area contributed by atoms with Crippen molar-refractivity contribution in [2.75, 3.05) is 13.1 Å². The molecule has 1 radical (unpaired) electrons. The number of nitriles is 1. The van der Waals surface area contributed by atoms with Gasteiger partial charge in [-0.1, -0.05) is 32.1 Å². The molecule has 0 bridgehead atoms. The highest BCUT2D eigenvalue weighted by atomic mass is 16.2. The summed E-state index contributed by atoms with van der Waals surface area (Å²) in [7, 11) is 0. The Morgan fingerprint density at radius 1 is 1.34 bits per heavy atom. The number of nitrogens with one attached hydrogen (secondary N) is 1. The first-order valence-corrected chi connectivity index (χ1v) is 10.6. The molecule has 2 aliphatic carbocycles. The summed E-state index contributed by atoms with van der Waals surface area (Å²) in [6, 6.07) is 2.27. The Bertz CT molecular complexity index is 750. The number of hydrogen-bond donors (Lipinski definition) is 2. The van der Waals surface area contributed by atoms with E-state index in [9.17, 15) is 19.6 Å². The molecule has 7 nitrogen and oxygen atoms in total. The molecule has 29 heavy (non-hydrogen) atoms. The van der Waals surface area contributed by atoms with Crippen LogP contribution in [0.1, 0.15) is 64.7 Å². The molecule has 1 saturated carbocycles. The number of nitrogens with two attached hydrogens (primary N) is 1. The van der Waals surface area contributed by atoms with Crippen molar-refractivity contribution < 1.29 is 14.4 Å². The van der Waals surface area contributed by atoms with Crippen LogP contribution >= 0.6 is 0 Å². The van der Waals surface area contributed by atoms with Crippen LogP contribution in [0, 0.1) is 29.1 Å². The third-order valence-corrected chi connectivity index (χ3v) is 6.67. The number of amides is 2. The Morgan fingerprint density at radius 2 is 2.07 bits per heavy atom. The Morgan fingerprint density at radius 3 is 2.72 bits per heavy atom. The standard InChI is InChI=1S/C22H31N4O3/c1-21(20(24)29)12-17(11-18(27)13-21)26-10-9-22(14-23,15-26)25-19(28)8-7-16-5-3-2-4-6-16/h8,11,16H,2-7,9-10,12-13,15H2,1H3,(H2,24,29)(H,25,28). The SMILES string of the molecule is CC1(C(N)=O)CC(=O)C=C(N2CCC(C#N)(NC(=O)[CH]CC3CCCCC3)C2)C1. The van der Waals surface area contributed by atoms with E-state index in [1.165, 1.54) is 32.1 Å². The summed E-state index contributed by atoms with van der Waals surface area (Å²) in [5.41, 5.74) is 4.35. The molecule has 2 amide bonds. The lowest BCUT2D eigenvalue weighted by Gasteiger charge is -2.34. The van der Waals surface area contributed by atoms with E-state index < -0.39 is 16.9 Å². The number of allylic oxidation sites excluding steroid dienone is 2. The first kappa shape index (κ1) is 21.4. The number of nitrogens with zero attached hydrogens (tertiary/aromatic N) is 2. The molecule has 1 saturated heterocycles. The molecule has 0 spiro atoms. The molecule has 0 aromatic heterocycles. The van der Waals surface area contributed by atoms with E-state index in [-0.39, 0.29) is 18.1 Å². The van der Waals surface area contributed by atoms with E-state index in [0.29, 0.717) is 31.8 Å². The summed E-state index contributed by atoms with van der Waals surface area (Å²) < 4.78 is 0. The van der Waals surface area contributed by atoms with Gasteiger partial charge in [0.1, 0.15) is 5.54 Å². The minimum Gasteiger partial charge on any atom is -0.371 e. The predicted molar refractivity (Wildman–Crippen MR) is 108 cm³/mol. The van der Waals surface area contributed by atoms with E-state index in [1.54, 1.807) is 19.4 Å². The molecular weight excluding hydrogens is 368 g/mol. The predicted octanol–water partition coefficient (Wildman–Crippen LogP) is 1.98. The van der Waals surface area contributed by atoms with Gasteiger partial charge in [-0.2, -0.15) is 5.26 Å². The Labute approximate surface area is 172 Å². The van der Waals surface area contributed by atoms with E-state index in [2.05, 4.69) is 11.4 Å². The average molecular weight is 400 g/mol. The van der Waals surface area contributed by atoms with Crippen molar-refractivity contribution in [1.29, 1.82) is 5.26 Å². The van der Waals surface area contributed by atoms with Crippen molar-refractivity contribution in [3.63, 3.8) is 0 Å². The fourth-order valence-electron chi connectivity index (χ4n) is 4.77. The molecule has 2 fully saturated rings. The Balaban J connectivity index is 1.59. The van der Waals surface area contributed by atoms with Crippen molar-refractivity contribution in [2.45, 2.75) is 70.3 Å². The number of hydrogen-bond acceptors (Lipinski definition) is 5. The number of ketones is 1. The normalized spacial score (nSPS) is 30.6. The lowest BCUT2D eigenvalue weighted by Crippen LogP contribution is -2.50. The molecule has 3 aliphatic rings. The monoisotopic (exact) mass is 399 g/mol. The van der Waals surface area contributed by atoms with Gasteiger partial charge >= 0.3 is 0 Å². The summed E-state index contributed by atoms with van der Waals surface area (Å²) in [5.74, 6) is -0.258. The van der Waals surface area contributed by atoms with Crippen molar-refractivity contribution in [3.05, 3.63) is 18.2 Å². The van der Waals surface area contributed by atoms with Gasteiger partial charge in [0.05, 0.1) is 18.0 Å². The van der Waals surface area contributed by atoms with Gasteiger partial charge < -0.3 is 16.0 Å². The summed E-state index contributed by atoms with van der Waals surface area (Å²) in [5, 5.41) is 12.7. The molecule has 2 atom stereocenters. The van der Waals surface area contributed by atoms with Gasteiger partial charge in [-0.05, 0) is 19.3 Å². The van der Waals surface area contributed by atoms with Crippen LogP contribution in [0.25, 0.3) is 0 Å². The first-order valence-electron chi connectivity index (χ1n) is 10.6. The molecule has 7 heteroatoms. The summed E-state index contributed by atoms with van der Waals surface area (Å²) in [6.07, 6.45) is 11.0. The maximum atomic E-state index is 12.5. The lowest BCUT2D eigenvalue weighted by atomic mass is 9.76. The molecule has 0 aromatic rings. The third kappa shape index (κ3) is 4.98. The number of likely N-dealkylation sites (tertiary alicyclic amines) is 1. The van der Waals surface area contributed by atoms with Gasteiger partial charge in [-0.15, -0.1) is 0 Å². The highest BCUT2D eigenvalue weighted by Gasteiger charge is 2.44. The zero-order chi connectivity index (χ0) is 21.1. The highest BCUT2D eigenvalue weighted by molar-refractivity contribution is 5.97. The van der Waals surface area contributed by atoms with Crippen LogP contribution in [0.2, 0.25) is 0 Å². The minimum absolute atomic E-state index is 0.107. The van der Waals surface area contributed by atoms with Crippen LogP contribution in [0.3, 0.4) is 0 Å². The second kappa shape index (κ2) is 8.56. The molecule has 2 unspecified atom stereocenters. The van der Waals surface area contributed by atoms with Crippen molar-refractivity contribution in [2.24, 2.45) is 17.1 Å². The van der Waals surface area contributed by atoms with E-state index in [1.807, 2.05) is 4.90 Å². The topological polar surface area (TPSA) is 116 Å². The third-order valence-electron chi connectivity index (χ3n) is 6.67. The maximum Gasteiger partial charge on any atom is 0.225 e. The summed E-state index contributed by atoms with van der Waals surface area (Å²) in [4.78, 5) is 38.4. The number of primary amides is 1. The zero-order valence-electron chi connectivity index (χ0n) is 17.2. The zero-order valence-corrected chi connectivity index (χ0v) is 17.2. The van der Waals surface area contributed by atoms with Gasteiger partial charge in [0.2, 0.25) is 11.8 Å². The van der Waals surface area contributed by atoms with Crippen LogP contribution in [0.4, 0.5) is 0 Å². The number of rotatable bonds is 6. The van der Waals surface area contributed by atoms with Crippen molar-refractivity contribution >= 4 is 17.6 Å². The second-order valence-electron chi connectivity index (χ2n) is 9.18. The molecule has 157 valence electrons. The maximum absolute atomic E-state index is 12.5. The van der Waals surface area contributed by atoms with E-state index >= 15 is 0 Å². The van der Waals surface area contributed by atoms with Crippen LogP contribution in [0.15, 0.2) is 11.8 Å². The van der Waals surface area contributed by atoms with Crippen LogP contribution in [-0.4, -0.2) is 41.1 Å². The molecule has 3 rings (SSSR count). The van der Waals surface area contributed by atoms with Crippen LogP contribution in [-0.2, 0) is 14.4 Å². The van der Waals surface area contributed by atoms with Crippen LogP contribution in [0.5, 0.6) is 0 Å². The van der Waals surface area contributed by atoms with Gasteiger partial charge in [0.25, 0.3) is 0 Å². The molecule has 1 heterocycles. The van der Waals surface area contributed by atoms with Gasteiger partial charge in [-0.25, -0.2) is 0 Å². The molecule has 3 N–H and O–H groups in total. The molecule has 1 aliphatic heterocycles. The first-order chi connectivity index (χ1) is 13.8. The largest absolute Gasteiger partial charge is 0.371 e. The van der Waals surface area contributed by atoms with Gasteiger partial charge in [-0.3, -0.25) is 14.4 Å². The van der Waals surface area contributed by atoms with Crippen LogP contribution < -0.4 is 11.1 Å². The smallest absolute Gasteiger partial charge is 0.225 e. The van der Waals surface area contributed by atoms with Gasteiger partial charge in [0, 0.05) is 44.0 Å². The van der Waals surface area contributed by atoms with Crippen molar-refractivity contribution in [1.82, 2.24) is 10.2 Å². The quantitative estimate of drug-likeness (QED) is 0.708. The van der Waals surface area contributed by atoms with E-state index in [0.717, 1.165) is 12.1 Å². The second-order valence-corrected chi connectivity index (χ2v) is 9.18. The summed E-state index contributed by atoms with van der Waals surface area (Å²) in [6.45, 7) is 2.56. The Hall–Kier alpha value is -2.36. The molecule has 0 aromatic carbocycles. The Kier molecular flexibility index (Phi) is 6.30. The number of carbonyl (C=O) groups excluding carboxylic acids is 3. The lowest BCUT2D eigenvalue weighted by molar-refractivity contribution is -0.132. The van der Waals surface area contributed by atoms with E-state index in [4.69, 9.17) is 5.73 Å². The average Bonchev–Trinajstić information content (AvgIpc) is 3.11. The fraction of sp³-hybridized carbons (Fsp3) is 0.682.